The molecular formula is C10H12FNO2. The number of carbonyl (C=O) groups excluding carboxylic acids is 1. The molecule has 14 heavy (non-hydrogen) atoms. The van der Waals surface area contributed by atoms with Crippen LogP contribution in [0.4, 0.5) is 4.39 Å². The van der Waals surface area contributed by atoms with Crippen LogP contribution >= 0.6 is 0 Å². The molecule has 3 nitrogen and oxygen atoms in total. The van der Waals surface area contributed by atoms with Gasteiger partial charge in [0.15, 0.2) is 0 Å². The van der Waals surface area contributed by atoms with Gasteiger partial charge in [-0.15, -0.1) is 0 Å². The normalized spacial score (nSPS) is 9.86. The highest BCUT2D eigenvalue weighted by Gasteiger charge is 2.06. The summed E-state index contributed by atoms with van der Waals surface area (Å²) in [5.41, 5.74) is 0.364. The largest absolute Gasteiger partial charge is 0.395 e. The molecule has 0 radical (unpaired) electrons. The van der Waals surface area contributed by atoms with Crippen LogP contribution in [0, 0.1) is 5.82 Å². The van der Waals surface area contributed by atoms with Crippen LogP contribution in [0.2, 0.25) is 0 Å². The van der Waals surface area contributed by atoms with Crippen LogP contribution in [0.5, 0.6) is 0 Å². The number of carbonyl (C=O) groups is 1. The highest BCUT2D eigenvalue weighted by molar-refractivity contribution is 5.78. The zero-order chi connectivity index (χ0) is 10.4. The molecule has 0 bridgehead atoms. The first-order valence-electron chi connectivity index (χ1n) is 4.35. The Labute approximate surface area is 81.6 Å². The Morgan fingerprint density at radius 2 is 2.14 bits per heavy atom. The average molecular weight is 197 g/mol. The van der Waals surface area contributed by atoms with E-state index in [0.29, 0.717) is 5.56 Å². The summed E-state index contributed by atoms with van der Waals surface area (Å²) < 4.78 is 13.0. The van der Waals surface area contributed by atoms with Crippen molar-refractivity contribution in [2.45, 2.75) is 6.42 Å². The summed E-state index contributed by atoms with van der Waals surface area (Å²) in [6.07, 6.45) is 0.00662. The third-order valence-corrected chi connectivity index (χ3v) is 1.74. The van der Waals surface area contributed by atoms with E-state index in [0.717, 1.165) is 0 Å². The second kappa shape index (κ2) is 5.34. The number of halogens is 1. The molecule has 0 spiro atoms. The van der Waals surface area contributed by atoms with Crippen molar-refractivity contribution in [3.05, 3.63) is 35.6 Å². The molecule has 0 aliphatic heterocycles. The van der Waals surface area contributed by atoms with Crippen molar-refractivity contribution in [2.75, 3.05) is 13.2 Å². The SMILES string of the molecule is O=C(Cc1ccccc1F)NCCO. The summed E-state index contributed by atoms with van der Waals surface area (Å²) in [6.45, 7) is 0.0935. The Bertz CT molecular complexity index is 315. The van der Waals surface area contributed by atoms with Gasteiger partial charge in [-0.05, 0) is 11.6 Å². The van der Waals surface area contributed by atoms with Gasteiger partial charge in [0.25, 0.3) is 0 Å². The van der Waals surface area contributed by atoms with Gasteiger partial charge in [-0.25, -0.2) is 4.39 Å². The third-order valence-electron chi connectivity index (χ3n) is 1.74. The molecular weight excluding hydrogens is 185 g/mol. The smallest absolute Gasteiger partial charge is 0.224 e. The molecule has 1 aromatic carbocycles. The van der Waals surface area contributed by atoms with Gasteiger partial charge in [-0.1, -0.05) is 18.2 Å². The van der Waals surface area contributed by atoms with E-state index in [4.69, 9.17) is 5.11 Å². The molecule has 0 fully saturated rings. The number of rotatable bonds is 4. The van der Waals surface area contributed by atoms with Crippen LogP contribution in [0.3, 0.4) is 0 Å². The van der Waals surface area contributed by atoms with Gasteiger partial charge in [0, 0.05) is 6.54 Å². The van der Waals surface area contributed by atoms with Gasteiger partial charge in [-0.2, -0.15) is 0 Å². The summed E-state index contributed by atoms with van der Waals surface area (Å²) in [5, 5.41) is 10.9. The minimum absolute atomic E-state index is 0.00662. The minimum Gasteiger partial charge on any atom is -0.395 e. The van der Waals surface area contributed by atoms with E-state index in [1.807, 2.05) is 0 Å². The number of aliphatic hydroxyl groups is 1. The van der Waals surface area contributed by atoms with Crippen molar-refractivity contribution in [2.24, 2.45) is 0 Å². The quantitative estimate of drug-likeness (QED) is 0.737. The number of aliphatic hydroxyl groups excluding tert-OH is 1. The maximum atomic E-state index is 13.0. The van der Waals surface area contributed by atoms with Gasteiger partial charge in [0.2, 0.25) is 5.91 Å². The van der Waals surface area contributed by atoms with Crippen molar-refractivity contribution in [3.63, 3.8) is 0 Å². The van der Waals surface area contributed by atoms with Gasteiger partial charge in [-0.3, -0.25) is 4.79 Å². The summed E-state index contributed by atoms with van der Waals surface area (Å²) >= 11 is 0. The Balaban J connectivity index is 2.52. The fourth-order valence-electron chi connectivity index (χ4n) is 1.07. The molecule has 0 aliphatic rings. The second-order valence-electron chi connectivity index (χ2n) is 2.84. The summed E-state index contributed by atoms with van der Waals surface area (Å²) in [4.78, 5) is 11.1. The van der Waals surface area contributed by atoms with Crippen LogP contribution in [0.15, 0.2) is 24.3 Å². The predicted octanol–water partition coefficient (Wildman–Crippen LogP) is 0.477. The van der Waals surface area contributed by atoms with Crippen LogP contribution in [-0.4, -0.2) is 24.2 Å². The number of benzene rings is 1. The van der Waals surface area contributed by atoms with E-state index < -0.39 is 0 Å². The molecule has 1 aromatic rings. The zero-order valence-electron chi connectivity index (χ0n) is 7.66. The average Bonchev–Trinajstić information content (AvgIpc) is 2.18. The molecule has 0 aromatic heterocycles. The highest BCUT2D eigenvalue weighted by atomic mass is 19.1. The van der Waals surface area contributed by atoms with Crippen LogP contribution < -0.4 is 5.32 Å². The lowest BCUT2D eigenvalue weighted by molar-refractivity contribution is -0.120. The van der Waals surface area contributed by atoms with Crippen molar-refractivity contribution < 1.29 is 14.3 Å². The van der Waals surface area contributed by atoms with Crippen molar-refractivity contribution in [1.29, 1.82) is 0 Å². The summed E-state index contributed by atoms with van der Waals surface area (Å²) in [6, 6.07) is 6.13. The number of nitrogens with one attached hydrogen (secondary N) is 1. The lowest BCUT2D eigenvalue weighted by Crippen LogP contribution is -2.28. The molecule has 0 aliphatic carbocycles. The lowest BCUT2D eigenvalue weighted by atomic mass is 10.1. The van der Waals surface area contributed by atoms with Crippen molar-refractivity contribution in [1.82, 2.24) is 5.32 Å². The first-order chi connectivity index (χ1) is 6.74. The highest BCUT2D eigenvalue weighted by Crippen LogP contribution is 2.06. The third kappa shape index (κ3) is 3.14. The number of hydrogen-bond donors (Lipinski definition) is 2. The molecule has 76 valence electrons. The Morgan fingerprint density at radius 3 is 2.79 bits per heavy atom. The molecule has 4 heteroatoms. The monoisotopic (exact) mass is 197 g/mol. The fourth-order valence-corrected chi connectivity index (χ4v) is 1.07. The predicted molar refractivity (Wildman–Crippen MR) is 50.2 cm³/mol. The molecule has 0 saturated carbocycles. The fraction of sp³-hybridized carbons (Fsp3) is 0.300. The van der Waals surface area contributed by atoms with E-state index in [-0.39, 0.29) is 31.3 Å². The van der Waals surface area contributed by atoms with Gasteiger partial charge < -0.3 is 10.4 Å². The van der Waals surface area contributed by atoms with E-state index in [2.05, 4.69) is 5.32 Å². The van der Waals surface area contributed by atoms with Gasteiger partial charge in [0.05, 0.1) is 13.0 Å². The van der Waals surface area contributed by atoms with Crippen molar-refractivity contribution in [3.8, 4) is 0 Å². The van der Waals surface area contributed by atoms with E-state index >= 15 is 0 Å². The molecule has 0 heterocycles. The van der Waals surface area contributed by atoms with E-state index in [1.54, 1.807) is 18.2 Å². The van der Waals surface area contributed by atoms with Crippen LogP contribution in [-0.2, 0) is 11.2 Å². The minimum atomic E-state index is -0.383. The Morgan fingerprint density at radius 1 is 1.43 bits per heavy atom. The summed E-state index contributed by atoms with van der Waals surface area (Å²) in [7, 11) is 0. The number of amides is 1. The zero-order valence-corrected chi connectivity index (χ0v) is 7.66. The topological polar surface area (TPSA) is 49.3 Å². The molecule has 1 amide bonds. The van der Waals surface area contributed by atoms with Crippen LogP contribution in [0.1, 0.15) is 5.56 Å². The van der Waals surface area contributed by atoms with Gasteiger partial charge >= 0.3 is 0 Å². The van der Waals surface area contributed by atoms with E-state index in [9.17, 15) is 9.18 Å². The first-order valence-corrected chi connectivity index (χ1v) is 4.35. The molecule has 0 atom stereocenters. The summed E-state index contributed by atoms with van der Waals surface area (Å²) in [5.74, 6) is -0.671. The van der Waals surface area contributed by atoms with Gasteiger partial charge in [0.1, 0.15) is 5.82 Å². The van der Waals surface area contributed by atoms with Crippen LogP contribution in [0.25, 0.3) is 0 Å². The first kappa shape index (κ1) is 10.7. The molecule has 0 unspecified atom stereocenters. The lowest BCUT2D eigenvalue weighted by Gasteiger charge is -2.03. The standard InChI is InChI=1S/C10H12FNO2/c11-9-4-2-1-3-8(9)7-10(14)12-5-6-13/h1-4,13H,5-7H2,(H,12,14). The molecule has 0 saturated heterocycles. The van der Waals surface area contributed by atoms with E-state index in [1.165, 1.54) is 6.07 Å². The van der Waals surface area contributed by atoms with Crippen molar-refractivity contribution >= 4 is 5.91 Å². The molecule has 2 N–H and O–H groups in total. The molecule has 1 rings (SSSR count). The maximum Gasteiger partial charge on any atom is 0.224 e. The number of hydrogen-bond acceptors (Lipinski definition) is 2. The Kier molecular flexibility index (Phi) is 4.07. The maximum absolute atomic E-state index is 13.0. The Hall–Kier alpha value is -1.42. The second-order valence-corrected chi connectivity index (χ2v) is 2.84.